The number of thioether (sulfide) groups is 6. The number of fused-ring (bicyclic) bond motifs is 6. The Hall–Kier alpha value is -0.500. The second kappa shape index (κ2) is 36.4. The summed E-state index contributed by atoms with van der Waals surface area (Å²) < 4.78 is 0. The van der Waals surface area contributed by atoms with Crippen LogP contribution in [0.4, 0.5) is 0 Å². The maximum Gasteiger partial charge on any atom is 0.0215 e. The summed E-state index contributed by atoms with van der Waals surface area (Å²) in [5.74, 6) is 7.29. The summed E-state index contributed by atoms with van der Waals surface area (Å²) in [6.45, 7) is 15.6. The van der Waals surface area contributed by atoms with Gasteiger partial charge in [0.15, 0.2) is 0 Å². The van der Waals surface area contributed by atoms with Crippen molar-refractivity contribution < 1.29 is 0 Å². The zero-order valence-electron chi connectivity index (χ0n) is 42.2. The summed E-state index contributed by atoms with van der Waals surface area (Å²) in [6.07, 6.45) is 39.2. The van der Waals surface area contributed by atoms with Crippen LogP contribution in [0.1, 0.15) is 214 Å². The van der Waals surface area contributed by atoms with E-state index in [0.717, 1.165) is 0 Å². The second-order valence-electron chi connectivity index (χ2n) is 18.5. The van der Waals surface area contributed by atoms with Crippen LogP contribution in [-0.2, 0) is 0 Å². The number of rotatable bonds is 41. The van der Waals surface area contributed by atoms with Gasteiger partial charge in [-0.1, -0.05) is 169 Å². The highest BCUT2D eigenvalue weighted by molar-refractivity contribution is 8.03. The van der Waals surface area contributed by atoms with Crippen molar-refractivity contribution in [3.8, 4) is 0 Å². The lowest BCUT2D eigenvalue weighted by molar-refractivity contribution is 0.593. The van der Waals surface area contributed by atoms with E-state index < -0.39 is 0 Å². The molecule has 0 amide bonds. The minimum atomic E-state index is 1.17. The van der Waals surface area contributed by atoms with Crippen LogP contribution in [-0.4, -0.2) is 34.5 Å². The van der Waals surface area contributed by atoms with Crippen LogP contribution >= 0.6 is 70.6 Å². The van der Waals surface area contributed by atoms with Crippen molar-refractivity contribution in [3.63, 3.8) is 0 Å². The summed E-state index contributed by atoms with van der Waals surface area (Å²) in [7, 11) is 0. The molecule has 4 aromatic carbocycles. The Balaban J connectivity index is 1.87. The van der Waals surface area contributed by atoms with Crippen molar-refractivity contribution in [1.29, 1.82) is 0 Å². The van der Waals surface area contributed by atoms with Crippen molar-refractivity contribution in [2.45, 2.75) is 244 Å². The summed E-state index contributed by atoms with van der Waals surface area (Å²) >= 11 is 12.9. The van der Waals surface area contributed by atoms with Crippen molar-refractivity contribution in [2.75, 3.05) is 34.5 Å². The highest BCUT2D eigenvalue weighted by Gasteiger charge is 2.19. The van der Waals surface area contributed by atoms with E-state index in [1.54, 1.807) is 0 Å². The molecule has 0 atom stereocenters. The molecular weight excluding hydrogens is 901 g/mol. The lowest BCUT2D eigenvalue weighted by Crippen LogP contribution is -1.94. The molecular formula is C59H92S6. The van der Waals surface area contributed by atoms with E-state index in [4.69, 9.17) is 0 Å². The number of benzene rings is 4. The first-order chi connectivity index (χ1) is 32.1. The maximum absolute atomic E-state index is 3.91. The number of hydrogen-bond acceptors (Lipinski definition) is 6. The molecule has 0 radical (unpaired) electrons. The third-order valence-corrected chi connectivity index (χ3v) is 19.9. The van der Waals surface area contributed by atoms with Crippen molar-refractivity contribution >= 4 is 103 Å². The zero-order chi connectivity index (χ0) is 46.2. The van der Waals surface area contributed by atoms with Crippen LogP contribution in [0.2, 0.25) is 0 Å². The van der Waals surface area contributed by atoms with E-state index in [0.29, 0.717) is 0 Å². The van der Waals surface area contributed by atoms with Gasteiger partial charge in [-0.25, -0.2) is 0 Å². The van der Waals surface area contributed by atoms with Crippen molar-refractivity contribution in [1.82, 2.24) is 0 Å². The van der Waals surface area contributed by atoms with Gasteiger partial charge in [0.1, 0.15) is 0 Å². The Morgan fingerprint density at radius 3 is 0.662 bits per heavy atom. The molecule has 0 saturated carbocycles. The molecule has 0 aliphatic rings. The van der Waals surface area contributed by atoms with Gasteiger partial charge in [-0.2, -0.15) is 0 Å². The highest BCUT2D eigenvalue weighted by Crippen LogP contribution is 2.47. The van der Waals surface area contributed by atoms with E-state index >= 15 is 0 Å². The van der Waals surface area contributed by atoms with E-state index in [2.05, 4.69) is 154 Å². The maximum atomic E-state index is 3.91. The van der Waals surface area contributed by atoms with E-state index in [-0.39, 0.29) is 0 Å². The highest BCUT2D eigenvalue weighted by atomic mass is 32.2. The van der Waals surface area contributed by atoms with Gasteiger partial charge in [0, 0.05) is 29.4 Å². The molecule has 0 heterocycles. The monoisotopic (exact) mass is 993 g/mol. The molecule has 6 heteroatoms. The average Bonchev–Trinajstić information content (AvgIpc) is 3.32. The molecule has 4 aromatic rings. The molecule has 0 saturated heterocycles. The SMILES string of the molecule is C=CCCCCCCCCCSc1cc2c3cc(SCCCCCC)c(SCCCCCC)cc3c3cc(SCCCCCC)c(SCCCCCC)cc3c2cc1SCCCCCC. The molecule has 0 spiro atoms. The normalized spacial score (nSPS) is 11.8. The van der Waals surface area contributed by atoms with Gasteiger partial charge in [0.05, 0.1) is 0 Å². The van der Waals surface area contributed by atoms with Crippen molar-refractivity contribution in [3.05, 3.63) is 49.1 Å². The van der Waals surface area contributed by atoms with Crippen LogP contribution in [0.5, 0.6) is 0 Å². The van der Waals surface area contributed by atoms with Crippen LogP contribution in [0, 0.1) is 0 Å². The number of hydrogen-bond donors (Lipinski definition) is 0. The third kappa shape index (κ3) is 21.2. The Kier molecular flexibility index (Phi) is 32.0. The fourth-order valence-electron chi connectivity index (χ4n) is 8.71. The first-order valence-corrected chi connectivity index (χ1v) is 32.9. The second-order valence-corrected chi connectivity index (χ2v) is 25.3. The van der Waals surface area contributed by atoms with Gasteiger partial charge in [0.25, 0.3) is 0 Å². The fourth-order valence-corrected chi connectivity index (χ4v) is 15.6. The van der Waals surface area contributed by atoms with Gasteiger partial charge in [-0.05, 0) is 155 Å². The van der Waals surface area contributed by atoms with Gasteiger partial charge in [0.2, 0.25) is 0 Å². The molecule has 364 valence electrons. The van der Waals surface area contributed by atoms with Gasteiger partial charge in [-0.3, -0.25) is 0 Å². The molecule has 0 fully saturated rings. The lowest BCUT2D eigenvalue weighted by Gasteiger charge is -2.20. The molecule has 0 bridgehead atoms. The molecule has 0 aliphatic carbocycles. The largest absolute Gasteiger partial charge is 0.125 e. The lowest BCUT2D eigenvalue weighted by atomic mass is 9.94. The number of allylic oxidation sites excluding steroid dienone is 1. The summed E-state index contributed by atoms with van der Waals surface area (Å²) in [5.41, 5.74) is 0. The summed E-state index contributed by atoms with van der Waals surface area (Å²) in [5, 5.41) is 8.89. The minimum Gasteiger partial charge on any atom is -0.125 e. The minimum absolute atomic E-state index is 1.17. The van der Waals surface area contributed by atoms with Gasteiger partial charge < -0.3 is 0 Å². The first kappa shape index (κ1) is 57.1. The Labute approximate surface area is 426 Å². The molecule has 65 heavy (non-hydrogen) atoms. The molecule has 0 aromatic heterocycles. The first-order valence-electron chi connectivity index (χ1n) is 27.0. The van der Waals surface area contributed by atoms with E-state index in [1.807, 2.05) is 0 Å². The van der Waals surface area contributed by atoms with Crippen molar-refractivity contribution in [2.24, 2.45) is 0 Å². The van der Waals surface area contributed by atoms with Crippen LogP contribution in [0.25, 0.3) is 32.3 Å². The molecule has 0 unspecified atom stereocenters. The third-order valence-electron chi connectivity index (χ3n) is 12.7. The van der Waals surface area contributed by atoms with Gasteiger partial charge >= 0.3 is 0 Å². The summed E-state index contributed by atoms with van der Waals surface area (Å²) in [6, 6.07) is 16.0. The molecule has 0 N–H and O–H groups in total. The molecule has 0 nitrogen and oxygen atoms in total. The Bertz CT molecular complexity index is 1830. The standard InChI is InChI=1S/C59H92S6/c1-7-13-19-25-26-27-28-29-35-41-65-59-47-53-51-45-57(63-39-33-23-17-11-5)55(61-37-31-21-15-9-3)43-49(51)48-42-54(60-36-30-20-14-8-2)56(62-38-32-22-16-10-4)44-50(48)52(53)46-58(59)64-40-34-24-18-12-6/h7,42-47H,1,8-41H2,2-6H3. The summed E-state index contributed by atoms with van der Waals surface area (Å²) in [4.78, 5) is 9.13. The molecule has 4 rings (SSSR count). The fraction of sp³-hybridized carbons (Fsp3) is 0.661. The predicted octanol–water partition coefficient (Wildman–Crippen LogP) is 22.9. The van der Waals surface area contributed by atoms with E-state index in [1.165, 1.54) is 276 Å². The van der Waals surface area contributed by atoms with Gasteiger partial charge in [-0.15, -0.1) is 77.2 Å². The van der Waals surface area contributed by atoms with E-state index in [9.17, 15) is 0 Å². The van der Waals surface area contributed by atoms with Crippen LogP contribution in [0.3, 0.4) is 0 Å². The predicted molar refractivity (Wildman–Crippen MR) is 311 cm³/mol. The quantitative estimate of drug-likeness (QED) is 0.0187. The Morgan fingerprint density at radius 1 is 0.277 bits per heavy atom. The topological polar surface area (TPSA) is 0 Å². The van der Waals surface area contributed by atoms with Crippen LogP contribution in [0.15, 0.2) is 78.4 Å². The smallest absolute Gasteiger partial charge is 0.0215 e. The zero-order valence-corrected chi connectivity index (χ0v) is 47.1. The number of unbranched alkanes of at least 4 members (excludes halogenated alkanes) is 22. The van der Waals surface area contributed by atoms with Crippen LogP contribution < -0.4 is 0 Å². The molecule has 0 aliphatic heterocycles. The Morgan fingerprint density at radius 2 is 0.462 bits per heavy atom. The average molecular weight is 994 g/mol.